The molecule has 2 heterocycles. The minimum Gasteiger partial charge on any atom is -0.361 e. The van der Waals surface area contributed by atoms with Crippen molar-refractivity contribution in [2.75, 3.05) is 6.54 Å². The number of rotatable bonds is 4. The fraction of sp³-hybridized carbons (Fsp3) is 0.471. The number of aryl methyl sites for hydroxylation is 2. The quantitative estimate of drug-likeness (QED) is 0.851. The first kappa shape index (κ1) is 14.3. The Kier molecular flexibility index (Phi) is 4.06. The van der Waals surface area contributed by atoms with E-state index < -0.39 is 0 Å². The van der Waals surface area contributed by atoms with Crippen molar-refractivity contribution < 1.29 is 8.91 Å². The van der Waals surface area contributed by atoms with E-state index in [1.807, 2.05) is 13.0 Å². The van der Waals surface area contributed by atoms with E-state index in [1.54, 1.807) is 12.1 Å². The van der Waals surface area contributed by atoms with E-state index in [1.165, 1.54) is 11.6 Å². The molecule has 0 saturated carbocycles. The van der Waals surface area contributed by atoms with Gasteiger partial charge in [-0.15, -0.1) is 0 Å². The van der Waals surface area contributed by atoms with Gasteiger partial charge in [-0.3, -0.25) is 4.90 Å². The summed E-state index contributed by atoms with van der Waals surface area (Å²) < 4.78 is 18.8. The Morgan fingerprint density at radius 2 is 2.29 bits per heavy atom. The highest BCUT2D eigenvalue weighted by Crippen LogP contribution is 2.36. The van der Waals surface area contributed by atoms with Crippen LogP contribution in [0.25, 0.3) is 0 Å². The summed E-state index contributed by atoms with van der Waals surface area (Å²) in [4.78, 5) is 2.41. The van der Waals surface area contributed by atoms with Gasteiger partial charge in [-0.25, -0.2) is 4.39 Å². The highest BCUT2D eigenvalue weighted by Gasteiger charge is 2.31. The van der Waals surface area contributed by atoms with Crippen LogP contribution in [0.15, 0.2) is 28.8 Å². The summed E-state index contributed by atoms with van der Waals surface area (Å²) in [6.45, 7) is 5.91. The smallest absolute Gasteiger partial charge is 0.141 e. The van der Waals surface area contributed by atoms with Crippen molar-refractivity contribution in [1.82, 2.24) is 10.1 Å². The summed E-state index contributed by atoms with van der Waals surface area (Å²) in [6, 6.07) is 7.22. The van der Waals surface area contributed by atoms with Gasteiger partial charge in [-0.2, -0.15) is 0 Å². The third-order valence-corrected chi connectivity index (χ3v) is 4.28. The van der Waals surface area contributed by atoms with Gasteiger partial charge in [0.15, 0.2) is 0 Å². The standard InChI is InChI=1S/C17H21FN2O/c1-3-16-17(12(2)19-21-16)15-8-5-9-20(15)11-13-6-4-7-14(18)10-13/h4,6-7,10,15H,3,5,8-9,11H2,1-2H3/t15-/m1/s1. The van der Waals surface area contributed by atoms with E-state index in [0.29, 0.717) is 6.04 Å². The van der Waals surface area contributed by atoms with Crippen molar-refractivity contribution in [3.8, 4) is 0 Å². The van der Waals surface area contributed by atoms with Crippen LogP contribution in [0.5, 0.6) is 0 Å². The van der Waals surface area contributed by atoms with Gasteiger partial charge in [0, 0.05) is 24.6 Å². The van der Waals surface area contributed by atoms with Crippen LogP contribution in [-0.4, -0.2) is 16.6 Å². The van der Waals surface area contributed by atoms with Gasteiger partial charge in [0.2, 0.25) is 0 Å². The molecule has 1 atom stereocenters. The molecule has 0 N–H and O–H groups in total. The number of hydrogen-bond donors (Lipinski definition) is 0. The SMILES string of the molecule is CCc1onc(C)c1[C@H]1CCCN1Cc1cccc(F)c1. The van der Waals surface area contributed by atoms with Crippen LogP contribution in [0.1, 0.15) is 48.4 Å². The van der Waals surface area contributed by atoms with Gasteiger partial charge >= 0.3 is 0 Å². The highest BCUT2D eigenvalue weighted by atomic mass is 19.1. The Hall–Kier alpha value is -1.68. The second-order valence-corrected chi connectivity index (χ2v) is 5.72. The minimum absolute atomic E-state index is 0.168. The molecular weight excluding hydrogens is 267 g/mol. The van der Waals surface area contributed by atoms with E-state index in [9.17, 15) is 4.39 Å². The predicted octanol–water partition coefficient (Wildman–Crippen LogP) is 4.02. The molecule has 3 rings (SSSR count). The summed E-state index contributed by atoms with van der Waals surface area (Å²) >= 11 is 0. The van der Waals surface area contributed by atoms with Crippen LogP contribution >= 0.6 is 0 Å². The summed E-state index contributed by atoms with van der Waals surface area (Å²) in [5, 5.41) is 4.13. The molecule has 0 amide bonds. The van der Waals surface area contributed by atoms with Crippen molar-refractivity contribution >= 4 is 0 Å². The molecule has 0 radical (unpaired) electrons. The molecule has 0 unspecified atom stereocenters. The van der Waals surface area contributed by atoms with Gasteiger partial charge in [0.25, 0.3) is 0 Å². The van der Waals surface area contributed by atoms with Crippen LogP contribution in [0.3, 0.4) is 0 Å². The molecule has 1 aromatic carbocycles. The van der Waals surface area contributed by atoms with Crippen LogP contribution in [0.2, 0.25) is 0 Å². The normalized spacial score (nSPS) is 19.3. The zero-order valence-corrected chi connectivity index (χ0v) is 12.6. The maximum atomic E-state index is 13.4. The highest BCUT2D eigenvalue weighted by molar-refractivity contribution is 5.27. The number of hydrogen-bond acceptors (Lipinski definition) is 3. The Labute approximate surface area is 124 Å². The zero-order valence-electron chi connectivity index (χ0n) is 12.6. The van der Waals surface area contributed by atoms with Crippen LogP contribution in [-0.2, 0) is 13.0 Å². The molecule has 1 aliphatic heterocycles. The van der Waals surface area contributed by atoms with Crippen LogP contribution in [0.4, 0.5) is 4.39 Å². The number of halogens is 1. The summed E-state index contributed by atoms with van der Waals surface area (Å²) in [6.07, 6.45) is 3.14. The second-order valence-electron chi connectivity index (χ2n) is 5.72. The lowest BCUT2D eigenvalue weighted by molar-refractivity contribution is 0.244. The Bertz CT molecular complexity index is 623. The van der Waals surface area contributed by atoms with Gasteiger partial charge in [0.1, 0.15) is 11.6 Å². The third kappa shape index (κ3) is 2.86. The number of benzene rings is 1. The molecule has 3 nitrogen and oxygen atoms in total. The Balaban J connectivity index is 1.84. The maximum Gasteiger partial charge on any atom is 0.141 e. The van der Waals surface area contributed by atoms with E-state index >= 15 is 0 Å². The van der Waals surface area contributed by atoms with Gasteiger partial charge < -0.3 is 4.52 Å². The van der Waals surface area contributed by atoms with Crippen molar-refractivity contribution in [3.05, 3.63) is 52.7 Å². The van der Waals surface area contributed by atoms with E-state index in [2.05, 4.69) is 17.0 Å². The average Bonchev–Trinajstić information content (AvgIpc) is 3.05. The molecule has 1 aromatic heterocycles. The van der Waals surface area contributed by atoms with Gasteiger partial charge in [-0.05, 0) is 44.0 Å². The molecule has 0 aliphatic carbocycles. The monoisotopic (exact) mass is 288 g/mol. The molecule has 0 spiro atoms. The predicted molar refractivity (Wildman–Crippen MR) is 79.4 cm³/mol. The second kappa shape index (κ2) is 5.98. The minimum atomic E-state index is -0.168. The molecular formula is C17H21FN2O. The molecule has 4 heteroatoms. The van der Waals surface area contributed by atoms with Crippen molar-refractivity contribution in [2.24, 2.45) is 0 Å². The number of aromatic nitrogens is 1. The van der Waals surface area contributed by atoms with Crippen molar-refractivity contribution in [1.29, 1.82) is 0 Å². The molecule has 1 aliphatic rings. The third-order valence-electron chi connectivity index (χ3n) is 4.28. The maximum absolute atomic E-state index is 13.4. The molecule has 1 fully saturated rings. The first-order valence-corrected chi connectivity index (χ1v) is 7.62. The van der Waals surface area contributed by atoms with Crippen molar-refractivity contribution in [3.63, 3.8) is 0 Å². The lowest BCUT2D eigenvalue weighted by Crippen LogP contribution is -2.23. The lowest BCUT2D eigenvalue weighted by atomic mass is 10.0. The van der Waals surface area contributed by atoms with E-state index in [4.69, 9.17) is 4.52 Å². The summed E-state index contributed by atoms with van der Waals surface area (Å²) in [7, 11) is 0. The molecule has 2 aromatic rings. The Morgan fingerprint density at radius 1 is 1.43 bits per heavy atom. The van der Waals surface area contributed by atoms with Crippen LogP contribution in [0, 0.1) is 12.7 Å². The van der Waals surface area contributed by atoms with E-state index in [0.717, 1.165) is 49.4 Å². The first-order chi connectivity index (χ1) is 10.2. The number of likely N-dealkylation sites (tertiary alicyclic amines) is 1. The van der Waals surface area contributed by atoms with Gasteiger partial charge in [-0.1, -0.05) is 24.2 Å². The lowest BCUT2D eigenvalue weighted by Gasteiger charge is -2.24. The fourth-order valence-electron chi connectivity index (χ4n) is 3.32. The van der Waals surface area contributed by atoms with Crippen LogP contribution < -0.4 is 0 Å². The average molecular weight is 288 g/mol. The summed E-state index contributed by atoms with van der Waals surface area (Å²) in [5.74, 6) is 0.822. The summed E-state index contributed by atoms with van der Waals surface area (Å²) in [5.41, 5.74) is 3.25. The van der Waals surface area contributed by atoms with Gasteiger partial charge in [0.05, 0.1) is 5.69 Å². The topological polar surface area (TPSA) is 29.3 Å². The molecule has 1 saturated heterocycles. The molecule has 21 heavy (non-hydrogen) atoms. The molecule has 112 valence electrons. The fourth-order valence-corrected chi connectivity index (χ4v) is 3.32. The van der Waals surface area contributed by atoms with E-state index in [-0.39, 0.29) is 5.82 Å². The number of nitrogens with zero attached hydrogens (tertiary/aromatic N) is 2. The first-order valence-electron chi connectivity index (χ1n) is 7.62. The largest absolute Gasteiger partial charge is 0.361 e. The zero-order chi connectivity index (χ0) is 14.8. The molecule has 0 bridgehead atoms. The Morgan fingerprint density at radius 3 is 3.05 bits per heavy atom. The van der Waals surface area contributed by atoms with Crippen molar-refractivity contribution in [2.45, 2.75) is 45.7 Å².